The summed E-state index contributed by atoms with van der Waals surface area (Å²) in [6.45, 7) is 16.1. The molecule has 0 aromatic rings. The van der Waals surface area contributed by atoms with E-state index in [0.717, 1.165) is 42.1 Å². The Kier molecular flexibility index (Phi) is 12.0. The summed E-state index contributed by atoms with van der Waals surface area (Å²) in [7, 11) is 0. The van der Waals surface area contributed by atoms with Crippen LogP contribution >= 0.6 is 0 Å². The zero-order chi connectivity index (χ0) is 27.9. The van der Waals surface area contributed by atoms with Gasteiger partial charge in [-0.25, -0.2) is 0 Å². The van der Waals surface area contributed by atoms with E-state index in [9.17, 15) is 0 Å². The monoisotopic (exact) mass is 541 g/mol. The Morgan fingerprint density at radius 2 is 1.51 bits per heavy atom. The Morgan fingerprint density at radius 1 is 0.795 bits per heavy atom. The second kappa shape index (κ2) is 14.7. The van der Waals surface area contributed by atoms with Crippen LogP contribution in [0.4, 0.5) is 0 Å². The number of ether oxygens (including phenoxy) is 1. The van der Waals surface area contributed by atoms with Gasteiger partial charge in [-0.2, -0.15) is 0 Å². The van der Waals surface area contributed by atoms with Gasteiger partial charge in [-0.05, 0) is 104 Å². The Balaban J connectivity index is 1.23. The molecule has 0 aliphatic heterocycles. The Hall–Kier alpha value is -0.300. The van der Waals surface area contributed by atoms with Gasteiger partial charge in [0.15, 0.2) is 0 Å². The highest BCUT2D eigenvalue weighted by molar-refractivity contribution is 5.25. The fourth-order valence-electron chi connectivity index (χ4n) is 10.5. The number of hydrogen-bond acceptors (Lipinski definition) is 1. The Morgan fingerprint density at radius 3 is 2.23 bits per heavy atom. The number of hydrogen-bond donors (Lipinski definition) is 0. The third-order valence-corrected chi connectivity index (χ3v) is 12.9. The fourth-order valence-corrected chi connectivity index (χ4v) is 10.5. The van der Waals surface area contributed by atoms with Crippen LogP contribution in [0.3, 0.4) is 0 Å². The van der Waals surface area contributed by atoms with Gasteiger partial charge in [-0.1, -0.05) is 124 Å². The standard InChI is InChI=1S/C38H68O/c1-7-8-9-10-11-12-13-14-15-27-39-32-23-25-37(5)31(28-32)19-20-33-35-22-21-34(30(4)18-16-17-29(2)3)38(35,6)26-24-36(33)37/h19,29-30,32-36H,7-18,20-28H2,1-6H3/t30?,32-,33?,34?,35?,36?,37?,38?/m0/s1. The second-order valence-electron chi connectivity index (χ2n) is 15.9. The molecule has 0 N–H and O–H groups in total. The van der Waals surface area contributed by atoms with Crippen molar-refractivity contribution in [3.05, 3.63) is 11.6 Å². The van der Waals surface area contributed by atoms with Gasteiger partial charge in [0.2, 0.25) is 0 Å². The fraction of sp³-hybridized carbons (Fsp3) is 0.947. The summed E-state index contributed by atoms with van der Waals surface area (Å²) < 4.78 is 6.50. The minimum Gasteiger partial charge on any atom is -0.378 e. The van der Waals surface area contributed by atoms with Crippen molar-refractivity contribution in [2.24, 2.45) is 46.3 Å². The third kappa shape index (κ3) is 7.56. The van der Waals surface area contributed by atoms with Crippen LogP contribution in [0.5, 0.6) is 0 Å². The summed E-state index contributed by atoms with van der Waals surface area (Å²) in [6, 6.07) is 0. The molecule has 0 radical (unpaired) electrons. The quantitative estimate of drug-likeness (QED) is 0.140. The summed E-state index contributed by atoms with van der Waals surface area (Å²) in [5, 5.41) is 0. The van der Waals surface area contributed by atoms with Crippen molar-refractivity contribution in [3.8, 4) is 0 Å². The molecule has 8 atom stereocenters. The van der Waals surface area contributed by atoms with Crippen LogP contribution in [-0.2, 0) is 4.74 Å². The predicted molar refractivity (Wildman–Crippen MR) is 170 cm³/mol. The molecule has 39 heavy (non-hydrogen) atoms. The molecule has 1 nitrogen and oxygen atoms in total. The lowest BCUT2D eigenvalue weighted by molar-refractivity contribution is -0.0641. The first-order valence-corrected chi connectivity index (χ1v) is 18.1. The normalized spacial score (nSPS) is 36.8. The topological polar surface area (TPSA) is 9.23 Å². The minimum atomic E-state index is 0.461. The maximum Gasteiger partial charge on any atom is 0.0612 e. The zero-order valence-corrected chi connectivity index (χ0v) is 27.4. The Bertz CT molecular complexity index is 752. The van der Waals surface area contributed by atoms with Gasteiger partial charge in [-0.3, -0.25) is 0 Å². The molecule has 4 aliphatic rings. The van der Waals surface area contributed by atoms with E-state index in [-0.39, 0.29) is 0 Å². The van der Waals surface area contributed by atoms with Crippen molar-refractivity contribution >= 4 is 0 Å². The van der Waals surface area contributed by atoms with E-state index >= 15 is 0 Å². The van der Waals surface area contributed by atoms with Crippen molar-refractivity contribution in [2.75, 3.05) is 6.61 Å². The molecule has 0 aromatic carbocycles. The van der Waals surface area contributed by atoms with Crippen molar-refractivity contribution < 1.29 is 4.74 Å². The summed E-state index contributed by atoms with van der Waals surface area (Å²) in [4.78, 5) is 0. The van der Waals surface area contributed by atoms with Crippen molar-refractivity contribution in [3.63, 3.8) is 0 Å². The molecular weight excluding hydrogens is 472 g/mol. The summed E-state index contributed by atoms with van der Waals surface area (Å²) in [6.07, 6.45) is 31.4. The van der Waals surface area contributed by atoms with Crippen molar-refractivity contribution in [1.82, 2.24) is 0 Å². The van der Waals surface area contributed by atoms with Crippen LogP contribution in [0, 0.1) is 46.3 Å². The summed E-state index contributed by atoms with van der Waals surface area (Å²) in [5.41, 5.74) is 2.87. The van der Waals surface area contributed by atoms with E-state index in [4.69, 9.17) is 4.74 Å². The van der Waals surface area contributed by atoms with Gasteiger partial charge in [0.1, 0.15) is 0 Å². The summed E-state index contributed by atoms with van der Waals surface area (Å²) >= 11 is 0. The molecule has 4 aliphatic carbocycles. The van der Waals surface area contributed by atoms with E-state index in [2.05, 4.69) is 47.6 Å². The second-order valence-corrected chi connectivity index (χ2v) is 15.9. The predicted octanol–water partition coefficient (Wildman–Crippen LogP) is 11.9. The zero-order valence-electron chi connectivity index (χ0n) is 27.4. The molecule has 0 heterocycles. The van der Waals surface area contributed by atoms with Crippen LogP contribution in [0.25, 0.3) is 0 Å². The molecule has 7 unspecified atom stereocenters. The molecule has 4 rings (SSSR count). The van der Waals surface area contributed by atoms with E-state index in [1.807, 2.05) is 0 Å². The highest BCUT2D eigenvalue weighted by Gasteiger charge is 2.59. The van der Waals surface area contributed by atoms with E-state index in [1.54, 1.807) is 5.57 Å². The molecule has 0 bridgehead atoms. The van der Waals surface area contributed by atoms with Crippen LogP contribution in [-0.4, -0.2) is 12.7 Å². The smallest absolute Gasteiger partial charge is 0.0612 e. The van der Waals surface area contributed by atoms with Gasteiger partial charge in [0.05, 0.1) is 6.10 Å². The lowest BCUT2D eigenvalue weighted by atomic mass is 9.47. The van der Waals surface area contributed by atoms with Crippen molar-refractivity contribution in [2.45, 2.75) is 176 Å². The maximum atomic E-state index is 6.50. The first kappa shape index (κ1) is 31.6. The number of allylic oxidation sites excluding steroid dienone is 1. The molecule has 3 saturated carbocycles. The van der Waals surface area contributed by atoms with Crippen LogP contribution in [0.2, 0.25) is 0 Å². The lowest BCUT2D eigenvalue weighted by Gasteiger charge is -2.58. The minimum absolute atomic E-state index is 0.461. The first-order chi connectivity index (χ1) is 18.8. The lowest BCUT2D eigenvalue weighted by Crippen LogP contribution is -2.51. The number of fused-ring (bicyclic) bond motifs is 5. The van der Waals surface area contributed by atoms with E-state index in [0.29, 0.717) is 16.9 Å². The number of rotatable bonds is 16. The van der Waals surface area contributed by atoms with Gasteiger partial charge in [0, 0.05) is 6.61 Å². The molecule has 1 heteroatoms. The van der Waals surface area contributed by atoms with Gasteiger partial charge >= 0.3 is 0 Å². The molecular formula is C38H68O. The van der Waals surface area contributed by atoms with Gasteiger partial charge in [-0.15, -0.1) is 0 Å². The first-order valence-electron chi connectivity index (χ1n) is 18.1. The molecule has 0 spiro atoms. The third-order valence-electron chi connectivity index (χ3n) is 12.9. The largest absolute Gasteiger partial charge is 0.378 e. The molecule has 0 saturated heterocycles. The number of unbranched alkanes of at least 4 members (excludes halogenated alkanes) is 8. The molecule has 0 amide bonds. The average molecular weight is 541 g/mol. The van der Waals surface area contributed by atoms with E-state index in [1.165, 1.54) is 128 Å². The summed E-state index contributed by atoms with van der Waals surface area (Å²) in [5.74, 6) is 5.61. The SMILES string of the molecule is CCCCCCCCCCCO[C@H]1CCC2(C)C(=CCC3C2CCC2(C)C(C(C)CCCC(C)C)CCC32)C1. The Labute approximate surface area is 245 Å². The van der Waals surface area contributed by atoms with Crippen LogP contribution < -0.4 is 0 Å². The van der Waals surface area contributed by atoms with E-state index < -0.39 is 0 Å². The highest BCUT2D eigenvalue weighted by Crippen LogP contribution is 2.67. The van der Waals surface area contributed by atoms with Crippen LogP contribution in [0.15, 0.2) is 11.6 Å². The van der Waals surface area contributed by atoms with Gasteiger partial charge < -0.3 is 4.74 Å². The molecule has 0 aromatic heterocycles. The maximum absolute atomic E-state index is 6.50. The molecule has 3 fully saturated rings. The van der Waals surface area contributed by atoms with Crippen LogP contribution in [0.1, 0.15) is 170 Å². The average Bonchev–Trinajstić information content (AvgIpc) is 3.27. The van der Waals surface area contributed by atoms with Crippen molar-refractivity contribution in [1.29, 1.82) is 0 Å². The van der Waals surface area contributed by atoms with Gasteiger partial charge in [0.25, 0.3) is 0 Å². The molecule has 226 valence electrons. The highest BCUT2D eigenvalue weighted by atomic mass is 16.5.